The Hall–Kier alpha value is -1.75. The van der Waals surface area contributed by atoms with Gasteiger partial charge in [0.15, 0.2) is 6.29 Å². The van der Waals surface area contributed by atoms with Crippen molar-refractivity contribution in [3.63, 3.8) is 0 Å². The van der Waals surface area contributed by atoms with Gasteiger partial charge in [0.05, 0.1) is 12.0 Å². The van der Waals surface area contributed by atoms with Crippen molar-refractivity contribution in [1.29, 1.82) is 0 Å². The largest absolute Gasteiger partial charge is 0.496 e. The van der Waals surface area contributed by atoms with E-state index in [4.69, 9.17) is 4.74 Å². The summed E-state index contributed by atoms with van der Waals surface area (Å²) in [5.41, 5.74) is 1.20. The molecule has 4 nitrogen and oxygen atoms in total. The first-order valence-electron chi connectivity index (χ1n) is 4.27. The van der Waals surface area contributed by atoms with Crippen LogP contribution in [0.3, 0.4) is 0 Å². The van der Waals surface area contributed by atoms with Gasteiger partial charge in [0.1, 0.15) is 11.4 Å². The highest BCUT2D eigenvalue weighted by Gasteiger charge is 2.13. The second-order valence-corrected chi connectivity index (χ2v) is 3.56. The average molecular weight is 220 g/mol. The highest BCUT2D eigenvalue weighted by molar-refractivity contribution is 7.09. The van der Waals surface area contributed by atoms with Gasteiger partial charge in [0.2, 0.25) is 0 Å². The minimum absolute atomic E-state index is 0.351. The Labute approximate surface area is 90.7 Å². The lowest BCUT2D eigenvalue weighted by Crippen LogP contribution is -1.89. The van der Waals surface area contributed by atoms with E-state index >= 15 is 0 Å². The molecule has 0 unspecified atom stereocenters. The number of aromatic nitrogens is 2. The first kappa shape index (κ1) is 9.79. The molecular weight excluding hydrogens is 212 g/mol. The van der Waals surface area contributed by atoms with Crippen molar-refractivity contribution >= 4 is 17.8 Å². The number of rotatable bonds is 3. The Balaban J connectivity index is 2.58. The average Bonchev–Trinajstić information content (AvgIpc) is 2.76. The summed E-state index contributed by atoms with van der Waals surface area (Å²) in [7, 11) is 1.59. The van der Waals surface area contributed by atoms with Gasteiger partial charge in [-0.25, -0.2) is 0 Å². The fourth-order valence-corrected chi connectivity index (χ4v) is 1.95. The molecule has 0 amide bonds. The number of aldehydes is 1. The molecule has 0 N–H and O–H groups in total. The molecule has 0 aliphatic heterocycles. The zero-order valence-corrected chi connectivity index (χ0v) is 8.82. The van der Waals surface area contributed by atoms with Gasteiger partial charge in [-0.2, -0.15) is 0 Å². The smallest absolute Gasteiger partial charge is 0.171 e. The lowest BCUT2D eigenvalue weighted by atomic mass is 10.1. The molecule has 1 aromatic heterocycles. The Morgan fingerprint density at radius 1 is 1.40 bits per heavy atom. The summed E-state index contributed by atoms with van der Waals surface area (Å²) >= 11 is 1.18. The van der Waals surface area contributed by atoms with Crippen molar-refractivity contribution in [2.75, 3.05) is 7.11 Å². The highest BCUT2D eigenvalue weighted by atomic mass is 32.1. The molecule has 0 fully saturated rings. The Kier molecular flexibility index (Phi) is 2.73. The van der Waals surface area contributed by atoms with E-state index in [0.717, 1.165) is 10.4 Å². The van der Waals surface area contributed by atoms with E-state index in [1.165, 1.54) is 11.5 Å². The number of hydrogen-bond acceptors (Lipinski definition) is 5. The number of ether oxygens (including phenoxy) is 1. The van der Waals surface area contributed by atoms with Crippen molar-refractivity contribution in [3.05, 3.63) is 30.0 Å². The number of hydrogen-bond donors (Lipinski definition) is 0. The molecule has 1 aromatic carbocycles. The monoisotopic (exact) mass is 220 g/mol. The molecule has 15 heavy (non-hydrogen) atoms. The quantitative estimate of drug-likeness (QED) is 0.742. The van der Waals surface area contributed by atoms with Crippen LogP contribution in [-0.4, -0.2) is 23.0 Å². The second kappa shape index (κ2) is 4.18. The van der Waals surface area contributed by atoms with E-state index < -0.39 is 0 Å². The molecule has 5 heteroatoms. The normalized spacial score (nSPS) is 9.93. The molecule has 76 valence electrons. The molecule has 0 atom stereocenters. The predicted octanol–water partition coefficient (Wildman–Crippen LogP) is 2.03. The van der Waals surface area contributed by atoms with Gasteiger partial charge in [-0.15, -0.1) is 5.10 Å². The third-order valence-electron chi connectivity index (χ3n) is 1.98. The number of nitrogens with zero attached hydrogens (tertiary/aromatic N) is 2. The van der Waals surface area contributed by atoms with Crippen LogP contribution in [0.1, 0.15) is 10.5 Å². The van der Waals surface area contributed by atoms with E-state index in [1.54, 1.807) is 7.11 Å². The highest BCUT2D eigenvalue weighted by Crippen LogP contribution is 2.32. The molecule has 0 saturated heterocycles. The van der Waals surface area contributed by atoms with Gasteiger partial charge in [0, 0.05) is 5.56 Å². The van der Waals surface area contributed by atoms with Gasteiger partial charge in [-0.1, -0.05) is 16.6 Å². The van der Waals surface area contributed by atoms with Gasteiger partial charge < -0.3 is 4.74 Å². The van der Waals surface area contributed by atoms with Crippen LogP contribution >= 0.6 is 11.5 Å². The standard InChI is InChI=1S/C10H8N2O2S/c1-14-9-5-3-2-4-7(9)10-8(6-13)11-12-15-10/h2-6H,1H3. The van der Waals surface area contributed by atoms with E-state index in [9.17, 15) is 4.79 Å². The fraction of sp³-hybridized carbons (Fsp3) is 0.100. The van der Waals surface area contributed by atoms with Crippen molar-refractivity contribution < 1.29 is 9.53 Å². The zero-order chi connectivity index (χ0) is 10.7. The minimum Gasteiger partial charge on any atom is -0.496 e. The molecule has 0 radical (unpaired) electrons. The lowest BCUT2D eigenvalue weighted by molar-refractivity contribution is 0.111. The van der Waals surface area contributed by atoms with E-state index in [0.29, 0.717) is 17.7 Å². The summed E-state index contributed by atoms with van der Waals surface area (Å²) in [5.74, 6) is 0.714. The maximum atomic E-state index is 10.7. The number of benzene rings is 1. The summed E-state index contributed by atoms with van der Waals surface area (Å²) in [6.45, 7) is 0. The van der Waals surface area contributed by atoms with Crippen LogP contribution in [0.5, 0.6) is 5.75 Å². The summed E-state index contributed by atoms with van der Waals surface area (Å²) in [6, 6.07) is 7.47. The Morgan fingerprint density at radius 2 is 2.20 bits per heavy atom. The molecule has 2 rings (SSSR count). The molecular formula is C10H8N2O2S. The van der Waals surface area contributed by atoms with Crippen LogP contribution < -0.4 is 4.74 Å². The SMILES string of the molecule is COc1ccccc1-c1snnc1C=O. The third kappa shape index (κ3) is 1.73. The number of methoxy groups -OCH3 is 1. The summed E-state index contributed by atoms with van der Waals surface area (Å²) in [5, 5.41) is 3.73. The first-order valence-corrected chi connectivity index (χ1v) is 5.05. The molecule has 0 bridgehead atoms. The summed E-state index contributed by atoms with van der Waals surface area (Å²) in [6.07, 6.45) is 0.700. The molecule has 0 aliphatic carbocycles. The predicted molar refractivity (Wildman–Crippen MR) is 57.3 cm³/mol. The Morgan fingerprint density at radius 3 is 2.93 bits per heavy atom. The summed E-state index contributed by atoms with van der Waals surface area (Å²) < 4.78 is 8.95. The van der Waals surface area contributed by atoms with Crippen LogP contribution in [0, 0.1) is 0 Å². The topological polar surface area (TPSA) is 52.1 Å². The van der Waals surface area contributed by atoms with Crippen molar-refractivity contribution in [2.45, 2.75) is 0 Å². The van der Waals surface area contributed by atoms with E-state index in [2.05, 4.69) is 9.59 Å². The van der Waals surface area contributed by atoms with E-state index in [1.807, 2.05) is 24.3 Å². The van der Waals surface area contributed by atoms with Crippen LogP contribution in [-0.2, 0) is 0 Å². The van der Waals surface area contributed by atoms with Gasteiger partial charge in [-0.05, 0) is 23.7 Å². The zero-order valence-electron chi connectivity index (χ0n) is 8.01. The van der Waals surface area contributed by atoms with Gasteiger partial charge >= 0.3 is 0 Å². The molecule has 2 aromatic rings. The van der Waals surface area contributed by atoms with Crippen LogP contribution in [0.15, 0.2) is 24.3 Å². The minimum atomic E-state index is 0.351. The van der Waals surface area contributed by atoms with Crippen molar-refractivity contribution in [1.82, 2.24) is 9.59 Å². The molecule has 0 saturated carbocycles. The van der Waals surface area contributed by atoms with Crippen LogP contribution in [0.25, 0.3) is 10.4 Å². The lowest BCUT2D eigenvalue weighted by Gasteiger charge is -2.05. The molecule has 0 aliphatic rings. The third-order valence-corrected chi connectivity index (χ3v) is 2.75. The molecule has 0 spiro atoms. The van der Waals surface area contributed by atoms with Crippen LogP contribution in [0.4, 0.5) is 0 Å². The number of para-hydroxylation sites is 1. The van der Waals surface area contributed by atoms with Crippen molar-refractivity contribution in [3.8, 4) is 16.2 Å². The first-order chi connectivity index (χ1) is 7.36. The van der Waals surface area contributed by atoms with Gasteiger partial charge in [-0.3, -0.25) is 4.79 Å². The fourth-order valence-electron chi connectivity index (χ4n) is 1.29. The van der Waals surface area contributed by atoms with Crippen molar-refractivity contribution in [2.24, 2.45) is 0 Å². The van der Waals surface area contributed by atoms with Crippen LogP contribution in [0.2, 0.25) is 0 Å². The second-order valence-electron chi connectivity index (χ2n) is 2.81. The number of carbonyl (C=O) groups excluding carboxylic acids is 1. The number of carbonyl (C=O) groups is 1. The Bertz CT molecular complexity index is 482. The summed E-state index contributed by atoms with van der Waals surface area (Å²) in [4.78, 5) is 11.5. The van der Waals surface area contributed by atoms with E-state index in [-0.39, 0.29) is 0 Å². The maximum absolute atomic E-state index is 10.7. The maximum Gasteiger partial charge on any atom is 0.171 e. The molecule has 1 heterocycles. The van der Waals surface area contributed by atoms with Gasteiger partial charge in [0.25, 0.3) is 0 Å².